The van der Waals surface area contributed by atoms with E-state index < -0.39 is 0 Å². The minimum atomic E-state index is 0.319. The molecule has 0 aliphatic carbocycles. The predicted octanol–water partition coefficient (Wildman–Crippen LogP) is 4.72. The van der Waals surface area contributed by atoms with Gasteiger partial charge in [-0.15, -0.1) is 0 Å². The smallest absolute Gasteiger partial charge is 0.120 e. The minimum absolute atomic E-state index is 0.319. The molecular formula is C16H17Br2NO. The molecule has 2 N–H and O–H groups in total. The van der Waals surface area contributed by atoms with Crippen LogP contribution in [0.1, 0.15) is 17.9 Å². The van der Waals surface area contributed by atoms with Crippen molar-refractivity contribution < 1.29 is 4.74 Å². The van der Waals surface area contributed by atoms with Gasteiger partial charge >= 0.3 is 0 Å². The molecule has 2 nitrogen and oxygen atoms in total. The molecule has 106 valence electrons. The first-order valence-electron chi connectivity index (χ1n) is 6.53. The van der Waals surface area contributed by atoms with Crippen molar-refractivity contribution in [1.29, 1.82) is 0 Å². The number of rotatable bonds is 6. The Bertz CT molecular complexity index is 560. The van der Waals surface area contributed by atoms with Crippen molar-refractivity contribution in [3.63, 3.8) is 0 Å². The maximum Gasteiger partial charge on any atom is 0.120 e. The van der Waals surface area contributed by atoms with E-state index in [0.29, 0.717) is 19.1 Å². The molecule has 0 radical (unpaired) electrons. The van der Waals surface area contributed by atoms with E-state index >= 15 is 0 Å². The maximum atomic E-state index is 5.88. The molecule has 4 heteroatoms. The fraction of sp³-hybridized carbons (Fsp3) is 0.250. The van der Waals surface area contributed by atoms with Crippen LogP contribution in [0.3, 0.4) is 0 Å². The molecule has 0 aliphatic heterocycles. The van der Waals surface area contributed by atoms with Crippen molar-refractivity contribution in [2.45, 2.75) is 12.3 Å². The molecule has 0 bridgehead atoms. The Morgan fingerprint density at radius 2 is 1.70 bits per heavy atom. The Kier molecular flexibility index (Phi) is 6.07. The van der Waals surface area contributed by atoms with Crippen molar-refractivity contribution in [2.75, 3.05) is 13.2 Å². The Morgan fingerprint density at radius 3 is 2.35 bits per heavy atom. The molecule has 0 spiro atoms. The molecule has 0 saturated carbocycles. The molecule has 2 aromatic rings. The maximum absolute atomic E-state index is 5.88. The highest BCUT2D eigenvalue weighted by Gasteiger charge is 2.10. The van der Waals surface area contributed by atoms with Crippen molar-refractivity contribution in [1.82, 2.24) is 0 Å². The summed E-state index contributed by atoms with van der Waals surface area (Å²) in [5, 5.41) is 0. The van der Waals surface area contributed by atoms with E-state index in [0.717, 1.165) is 21.1 Å². The lowest BCUT2D eigenvalue weighted by Crippen LogP contribution is -2.15. The standard InChI is InChI=1S/C16H17Br2NO/c17-14-4-1-3-12(9-14)13(11-19)7-8-20-16-6-2-5-15(18)10-16/h1-6,9-10,13H,7-8,11,19H2. The van der Waals surface area contributed by atoms with Gasteiger partial charge in [0.1, 0.15) is 5.75 Å². The van der Waals surface area contributed by atoms with Crippen LogP contribution in [-0.4, -0.2) is 13.2 Å². The van der Waals surface area contributed by atoms with Crippen LogP contribution in [0.4, 0.5) is 0 Å². The van der Waals surface area contributed by atoms with Crippen LogP contribution in [0.5, 0.6) is 5.75 Å². The zero-order chi connectivity index (χ0) is 14.4. The summed E-state index contributed by atoms with van der Waals surface area (Å²) in [6.07, 6.45) is 0.902. The third-order valence-electron chi connectivity index (χ3n) is 3.14. The number of hydrogen-bond acceptors (Lipinski definition) is 2. The number of benzene rings is 2. The van der Waals surface area contributed by atoms with E-state index in [1.165, 1.54) is 5.56 Å². The molecule has 2 aromatic carbocycles. The molecule has 20 heavy (non-hydrogen) atoms. The second-order valence-corrected chi connectivity index (χ2v) is 6.41. The van der Waals surface area contributed by atoms with Crippen LogP contribution in [0.25, 0.3) is 0 Å². The minimum Gasteiger partial charge on any atom is -0.494 e. The lowest BCUT2D eigenvalue weighted by atomic mass is 9.96. The summed E-state index contributed by atoms with van der Waals surface area (Å²) >= 11 is 6.93. The Labute approximate surface area is 136 Å². The second-order valence-electron chi connectivity index (χ2n) is 4.58. The molecule has 1 unspecified atom stereocenters. The molecule has 1 atom stereocenters. The van der Waals surface area contributed by atoms with Crippen LogP contribution in [-0.2, 0) is 0 Å². The normalized spacial score (nSPS) is 12.2. The van der Waals surface area contributed by atoms with Gasteiger partial charge in [0.05, 0.1) is 6.61 Å². The van der Waals surface area contributed by atoms with Gasteiger partial charge in [0.25, 0.3) is 0 Å². The van der Waals surface area contributed by atoms with E-state index in [-0.39, 0.29) is 0 Å². The molecule has 2 rings (SSSR count). The SMILES string of the molecule is NCC(CCOc1cccc(Br)c1)c1cccc(Br)c1. The van der Waals surface area contributed by atoms with E-state index in [1.54, 1.807) is 0 Å². The molecule has 0 aliphatic rings. The van der Waals surface area contributed by atoms with Gasteiger partial charge in [-0.05, 0) is 54.8 Å². The van der Waals surface area contributed by atoms with Crippen LogP contribution in [0.2, 0.25) is 0 Å². The van der Waals surface area contributed by atoms with Gasteiger partial charge < -0.3 is 10.5 Å². The largest absolute Gasteiger partial charge is 0.494 e. The van der Waals surface area contributed by atoms with Gasteiger partial charge in [0.2, 0.25) is 0 Å². The van der Waals surface area contributed by atoms with Crippen molar-refractivity contribution in [3.8, 4) is 5.75 Å². The zero-order valence-corrected chi connectivity index (χ0v) is 14.2. The number of hydrogen-bond donors (Lipinski definition) is 1. The molecule has 0 amide bonds. The van der Waals surface area contributed by atoms with Crippen molar-refractivity contribution in [2.24, 2.45) is 5.73 Å². The van der Waals surface area contributed by atoms with Gasteiger partial charge in [-0.1, -0.05) is 50.1 Å². The van der Waals surface area contributed by atoms with Crippen LogP contribution >= 0.6 is 31.9 Å². The number of halogens is 2. The first-order chi connectivity index (χ1) is 9.69. The molecule has 0 aromatic heterocycles. The lowest BCUT2D eigenvalue weighted by Gasteiger charge is -2.16. The van der Waals surface area contributed by atoms with Crippen LogP contribution in [0, 0.1) is 0 Å². The summed E-state index contributed by atoms with van der Waals surface area (Å²) in [7, 11) is 0. The fourth-order valence-electron chi connectivity index (χ4n) is 2.06. The molecular weight excluding hydrogens is 382 g/mol. The van der Waals surface area contributed by atoms with Crippen molar-refractivity contribution in [3.05, 3.63) is 63.0 Å². The van der Waals surface area contributed by atoms with Gasteiger partial charge in [0.15, 0.2) is 0 Å². The van der Waals surface area contributed by atoms with Gasteiger partial charge in [-0.2, -0.15) is 0 Å². The average Bonchev–Trinajstić information content (AvgIpc) is 2.44. The summed E-state index contributed by atoms with van der Waals surface area (Å²) in [4.78, 5) is 0. The fourth-order valence-corrected chi connectivity index (χ4v) is 2.85. The van der Waals surface area contributed by atoms with Crippen LogP contribution in [0.15, 0.2) is 57.5 Å². The van der Waals surface area contributed by atoms with Crippen LogP contribution < -0.4 is 10.5 Å². The number of ether oxygens (including phenoxy) is 1. The highest BCUT2D eigenvalue weighted by Crippen LogP contribution is 2.23. The average molecular weight is 399 g/mol. The van der Waals surface area contributed by atoms with Gasteiger partial charge in [-0.25, -0.2) is 0 Å². The van der Waals surface area contributed by atoms with Gasteiger partial charge in [-0.3, -0.25) is 0 Å². The highest BCUT2D eigenvalue weighted by atomic mass is 79.9. The summed E-state index contributed by atoms with van der Waals surface area (Å²) in [5.74, 6) is 1.20. The van der Waals surface area contributed by atoms with Crippen molar-refractivity contribution >= 4 is 31.9 Å². The summed E-state index contributed by atoms with van der Waals surface area (Å²) < 4.78 is 7.88. The van der Waals surface area contributed by atoms with E-state index in [4.69, 9.17) is 10.5 Å². The second kappa shape index (κ2) is 7.81. The molecule has 0 saturated heterocycles. The highest BCUT2D eigenvalue weighted by molar-refractivity contribution is 9.10. The predicted molar refractivity (Wildman–Crippen MR) is 90.2 cm³/mol. The topological polar surface area (TPSA) is 35.2 Å². The third-order valence-corrected chi connectivity index (χ3v) is 4.12. The van der Waals surface area contributed by atoms with E-state index in [9.17, 15) is 0 Å². The molecule has 0 heterocycles. The summed E-state index contributed by atoms with van der Waals surface area (Å²) in [6, 6.07) is 16.2. The lowest BCUT2D eigenvalue weighted by molar-refractivity contribution is 0.298. The first kappa shape index (κ1) is 15.5. The first-order valence-corrected chi connectivity index (χ1v) is 8.11. The van der Waals surface area contributed by atoms with Gasteiger partial charge in [0, 0.05) is 8.95 Å². The Hall–Kier alpha value is -0.840. The third kappa shape index (κ3) is 4.62. The Balaban J connectivity index is 1.91. The Morgan fingerprint density at radius 1 is 1.00 bits per heavy atom. The van der Waals surface area contributed by atoms with E-state index in [2.05, 4.69) is 44.0 Å². The summed E-state index contributed by atoms with van der Waals surface area (Å²) in [6.45, 7) is 1.28. The zero-order valence-electron chi connectivity index (χ0n) is 11.1. The molecule has 0 fully saturated rings. The monoisotopic (exact) mass is 397 g/mol. The summed E-state index contributed by atoms with van der Waals surface area (Å²) in [5.41, 5.74) is 7.13. The number of nitrogens with two attached hydrogens (primary N) is 1. The quantitative estimate of drug-likeness (QED) is 0.763. The van der Waals surface area contributed by atoms with E-state index in [1.807, 2.05) is 36.4 Å².